The number of carbonyl (C=O) groups excluding carboxylic acids is 1. The van der Waals surface area contributed by atoms with Crippen LogP contribution in [-0.2, 0) is 0 Å². The molecule has 2 aromatic rings. The number of aromatic nitrogens is 1. The van der Waals surface area contributed by atoms with Gasteiger partial charge in [-0.25, -0.2) is 4.98 Å². The Morgan fingerprint density at radius 3 is 2.38 bits per heavy atom. The fraction of sp³-hybridized carbons (Fsp3) is 0.400. The number of nitrogens with zero attached hydrogens (tertiary/aromatic N) is 2. The van der Waals surface area contributed by atoms with Gasteiger partial charge in [0.15, 0.2) is 0 Å². The molecule has 2 heterocycles. The lowest BCUT2D eigenvalue weighted by Crippen LogP contribution is -2.24. The Kier molecular flexibility index (Phi) is 5.14. The van der Waals surface area contributed by atoms with E-state index in [9.17, 15) is 4.79 Å². The zero-order valence-electron chi connectivity index (χ0n) is 14.5. The average molecular weight is 323 g/mol. The smallest absolute Gasteiger partial charge is 0.255 e. The molecule has 1 N–H and O–H groups in total. The second kappa shape index (κ2) is 7.47. The number of carbonyl (C=O) groups is 1. The highest BCUT2D eigenvalue weighted by Crippen LogP contribution is 2.19. The molecule has 1 aliphatic heterocycles. The lowest BCUT2D eigenvalue weighted by molar-refractivity contribution is 0.102. The molecule has 1 aliphatic rings. The predicted octanol–water partition coefficient (Wildman–Crippen LogP) is 4.33. The standard InChI is InChI=1S/C20H25N3O/c1-15-7-8-17(13-16(15)2)20(24)22-18-9-10-19(21-14-18)23-11-5-3-4-6-12-23/h7-10,13-14H,3-6,11-12H2,1-2H3,(H,22,24). The van der Waals surface area contributed by atoms with Crippen LogP contribution in [0.4, 0.5) is 11.5 Å². The van der Waals surface area contributed by atoms with E-state index in [1.165, 1.54) is 31.2 Å². The van der Waals surface area contributed by atoms with Gasteiger partial charge in [-0.1, -0.05) is 18.9 Å². The molecule has 4 heteroatoms. The van der Waals surface area contributed by atoms with Crippen molar-refractivity contribution in [1.29, 1.82) is 0 Å². The molecule has 0 bridgehead atoms. The van der Waals surface area contributed by atoms with Crippen molar-refractivity contribution in [1.82, 2.24) is 4.98 Å². The minimum Gasteiger partial charge on any atom is -0.357 e. The van der Waals surface area contributed by atoms with E-state index >= 15 is 0 Å². The van der Waals surface area contributed by atoms with Gasteiger partial charge >= 0.3 is 0 Å². The van der Waals surface area contributed by atoms with Crippen LogP contribution in [0.25, 0.3) is 0 Å². The molecule has 1 saturated heterocycles. The number of rotatable bonds is 3. The molecule has 0 unspecified atom stereocenters. The molecule has 1 fully saturated rings. The van der Waals surface area contributed by atoms with Crippen LogP contribution in [0.5, 0.6) is 0 Å². The SMILES string of the molecule is Cc1ccc(C(=O)Nc2ccc(N3CCCCCC3)nc2)cc1C. The summed E-state index contributed by atoms with van der Waals surface area (Å²) < 4.78 is 0. The zero-order chi connectivity index (χ0) is 16.9. The molecule has 3 rings (SSSR count). The minimum absolute atomic E-state index is 0.0950. The predicted molar refractivity (Wildman–Crippen MR) is 98.8 cm³/mol. The fourth-order valence-electron chi connectivity index (χ4n) is 3.03. The Morgan fingerprint density at radius 1 is 1.00 bits per heavy atom. The Morgan fingerprint density at radius 2 is 1.75 bits per heavy atom. The van der Waals surface area contributed by atoms with Gasteiger partial charge in [-0.15, -0.1) is 0 Å². The van der Waals surface area contributed by atoms with Gasteiger partial charge in [-0.05, 0) is 62.1 Å². The second-order valence-electron chi connectivity index (χ2n) is 6.56. The molecule has 1 aromatic heterocycles. The number of nitrogens with one attached hydrogen (secondary N) is 1. The lowest BCUT2D eigenvalue weighted by Gasteiger charge is -2.21. The number of anilines is 2. The molecule has 4 nitrogen and oxygen atoms in total. The van der Waals surface area contributed by atoms with Crippen LogP contribution in [0.1, 0.15) is 47.2 Å². The van der Waals surface area contributed by atoms with Crippen molar-refractivity contribution in [2.24, 2.45) is 0 Å². The minimum atomic E-state index is -0.0950. The summed E-state index contributed by atoms with van der Waals surface area (Å²) in [5.41, 5.74) is 3.72. The van der Waals surface area contributed by atoms with E-state index in [-0.39, 0.29) is 5.91 Å². The monoisotopic (exact) mass is 323 g/mol. The molecule has 0 radical (unpaired) electrons. The van der Waals surface area contributed by atoms with Gasteiger partial charge in [0.2, 0.25) is 0 Å². The molecule has 0 atom stereocenters. The summed E-state index contributed by atoms with van der Waals surface area (Å²) in [4.78, 5) is 19.2. The molecule has 0 spiro atoms. The summed E-state index contributed by atoms with van der Waals surface area (Å²) in [6.07, 6.45) is 6.82. The summed E-state index contributed by atoms with van der Waals surface area (Å²) in [5.74, 6) is 0.906. The van der Waals surface area contributed by atoms with Gasteiger partial charge < -0.3 is 10.2 Å². The number of benzene rings is 1. The summed E-state index contributed by atoms with van der Waals surface area (Å²) in [5, 5.41) is 2.93. The first-order chi connectivity index (χ1) is 11.6. The average Bonchev–Trinajstić information content (AvgIpc) is 2.87. The maximum absolute atomic E-state index is 12.4. The summed E-state index contributed by atoms with van der Waals surface area (Å²) in [7, 11) is 0. The van der Waals surface area contributed by atoms with E-state index in [0.717, 1.165) is 30.2 Å². The summed E-state index contributed by atoms with van der Waals surface area (Å²) in [6.45, 7) is 6.20. The summed E-state index contributed by atoms with van der Waals surface area (Å²) >= 11 is 0. The van der Waals surface area contributed by atoms with Crippen molar-refractivity contribution in [3.8, 4) is 0 Å². The molecule has 126 valence electrons. The largest absolute Gasteiger partial charge is 0.357 e. The van der Waals surface area contributed by atoms with E-state index in [1.54, 1.807) is 6.20 Å². The van der Waals surface area contributed by atoms with E-state index in [4.69, 9.17) is 0 Å². The number of hydrogen-bond acceptors (Lipinski definition) is 3. The second-order valence-corrected chi connectivity index (χ2v) is 6.56. The van der Waals surface area contributed by atoms with Crippen LogP contribution in [0.2, 0.25) is 0 Å². The van der Waals surface area contributed by atoms with Crippen LogP contribution < -0.4 is 10.2 Å². The molecule has 1 amide bonds. The normalized spacial score (nSPS) is 15.0. The van der Waals surface area contributed by atoms with Crippen molar-refractivity contribution in [2.75, 3.05) is 23.3 Å². The molecule has 0 aliphatic carbocycles. The highest BCUT2D eigenvalue weighted by atomic mass is 16.1. The van der Waals surface area contributed by atoms with Crippen LogP contribution in [0, 0.1) is 13.8 Å². The molecular weight excluding hydrogens is 298 g/mol. The molecular formula is C20H25N3O. The number of pyridine rings is 1. The first-order valence-corrected chi connectivity index (χ1v) is 8.73. The van der Waals surface area contributed by atoms with Crippen molar-refractivity contribution in [3.63, 3.8) is 0 Å². The third-order valence-corrected chi connectivity index (χ3v) is 4.70. The van der Waals surface area contributed by atoms with Crippen molar-refractivity contribution < 1.29 is 4.79 Å². The lowest BCUT2D eigenvalue weighted by atomic mass is 10.1. The third kappa shape index (κ3) is 3.94. The van der Waals surface area contributed by atoms with E-state index < -0.39 is 0 Å². The maximum atomic E-state index is 12.4. The third-order valence-electron chi connectivity index (χ3n) is 4.70. The van der Waals surface area contributed by atoms with Gasteiger partial charge in [0, 0.05) is 18.7 Å². The van der Waals surface area contributed by atoms with Gasteiger partial charge in [0.05, 0.1) is 11.9 Å². The fourth-order valence-corrected chi connectivity index (χ4v) is 3.03. The first-order valence-electron chi connectivity index (χ1n) is 8.73. The topological polar surface area (TPSA) is 45.2 Å². The number of hydrogen-bond donors (Lipinski definition) is 1. The van der Waals surface area contributed by atoms with Crippen LogP contribution in [-0.4, -0.2) is 24.0 Å². The van der Waals surface area contributed by atoms with E-state index in [2.05, 4.69) is 15.2 Å². The van der Waals surface area contributed by atoms with Gasteiger partial charge in [-0.2, -0.15) is 0 Å². The first kappa shape index (κ1) is 16.5. The van der Waals surface area contributed by atoms with Crippen LogP contribution in [0.15, 0.2) is 36.5 Å². The Bertz CT molecular complexity index is 701. The highest BCUT2D eigenvalue weighted by Gasteiger charge is 2.12. The van der Waals surface area contributed by atoms with Crippen molar-refractivity contribution >= 4 is 17.4 Å². The van der Waals surface area contributed by atoms with E-state index in [1.807, 2.05) is 44.2 Å². The van der Waals surface area contributed by atoms with Gasteiger partial charge in [0.25, 0.3) is 5.91 Å². The number of aryl methyl sites for hydroxylation is 2. The summed E-state index contributed by atoms with van der Waals surface area (Å²) in [6, 6.07) is 9.69. The van der Waals surface area contributed by atoms with Crippen LogP contribution in [0.3, 0.4) is 0 Å². The van der Waals surface area contributed by atoms with Crippen LogP contribution >= 0.6 is 0 Å². The zero-order valence-corrected chi connectivity index (χ0v) is 14.5. The Balaban J connectivity index is 1.67. The van der Waals surface area contributed by atoms with Crippen molar-refractivity contribution in [2.45, 2.75) is 39.5 Å². The van der Waals surface area contributed by atoms with Crippen molar-refractivity contribution in [3.05, 3.63) is 53.2 Å². The molecule has 24 heavy (non-hydrogen) atoms. The van der Waals surface area contributed by atoms with E-state index in [0.29, 0.717) is 5.56 Å². The Hall–Kier alpha value is -2.36. The Labute approximate surface area is 143 Å². The van der Waals surface area contributed by atoms with Gasteiger partial charge in [-0.3, -0.25) is 4.79 Å². The highest BCUT2D eigenvalue weighted by molar-refractivity contribution is 6.04. The maximum Gasteiger partial charge on any atom is 0.255 e. The molecule has 0 saturated carbocycles. The van der Waals surface area contributed by atoms with Gasteiger partial charge in [0.1, 0.15) is 5.82 Å². The quantitative estimate of drug-likeness (QED) is 0.914. The number of amides is 1. The molecule has 1 aromatic carbocycles.